The van der Waals surface area contributed by atoms with Crippen LogP contribution in [0, 0.1) is 0 Å². The minimum atomic E-state index is -0.238. The van der Waals surface area contributed by atoms with Gasteiger partial charge in [0.2, 0.25) is 0 Å². The van der Waals surface area contributed by atoms with Gasteiger partial charge in [0.1, 0.15) is 0 Å². The Labute approximate surface area is 97.6 Å². The largest absolute Gasteiger partial charge is 0.335 e. The van der Waals surface area contributed by atoms with Crippen molar-refractivity contribution in [1.29, 1.82) is 0 Å². The summed E-state index contributed by atoms with van der Waals surface area (Å²) < 4.78 is 1.05. The third kappa shape index (κ3) is 1.63. The fraction of sp³-hybridized carbons (Fsp3) is 0.364. The first kappa shape index (κ1) is 10.5. The molecule has 1 aromatic rings. The van der Waals surface area contributed by atoms with Crippen LogP contribution in [-0.2, 0) is 5.54 Å². The van der Waals surface area contributed by atoms with Crippen molar-refractivity contribution in [3.63, 3.8) is 0 Å². The molecule has 0 saturated carbocycles. The average molecular weight is 269 g/mol. The van der Waals surface area contributed by atoms with E-state index in [1.54, 1.807) is 4.90 Å². The van der Waals surface area contributed by atoms with Gasteiger partial charge in [0.05, 0.1) is 5.54 Å². The predicted octanol–water partition coefficient (Wildman–Crippen LogP) is 2.32. The first-order valence-corrected chi connectivity index (χ1v) is 5.61. The molecule has 1 aliphatic rings. The Morgan fingerprint density at radius 2 is 2.00 bits per heavy atom. The minimum Gasteiger partial charge on any atom is -0.335 e. The first-order valence-electron chi connectivity index (χ1n) is 4.82. The van der Waals surface area contributed by atoms with Gasteiger partial charge < -0.3 is 10.2 Å². The summed E-state index contributed by atoms with van der Waals surface area (Å²) in [5.74, 6) is 0. The third-order valence-corrected chi connectivity index (χ3v) is 3.62. The summed E-state index contributed by atoms with van der Waals surface area (Å²) in [6.07, 6.45) is 0. The molecule has 2 amide bonds. The molecule has 3 nitrogen and oxygen atoms in total. The van der Waals surface area contributed by atoms with Crippen molar-refractivity contribution in [3.8, 4) is 0 Å². The Hall–Kier alpha value is -1.03. The molecule has 0 radical (unpaired) electrons. The van der Waals surface area contributed by atoms with E-state index in [4.69, 9.17) is 0 Å². The van der Waals surface area contributed by atoms with Gasteiger partial charge in [-0.3, -0.25) is 0 Å². The van der Waals surface area contributed by atoms with Gasteiger partial charge in [-0.15, -0.1) is 0 Å². The van der Waals surface area contributed by atoms with Crippen LogP contribution < -0.4 is 5.32 Å². The van der Waals surface area contributed by atoms with E-state index in [0.717, 1.165) is 10.0 Å². The third-order valence-electron chi connectivity index (χ3n) is 3.09. The van der Waals surface area contributed by atoms with E-state index in [1.807, 2.05) is 31.3 Å². The monoisotopic (exact) mass is 268 g/mol. The summed E-state index contributed by atoms with van der Waals surface area (Å²) in [6.45, 7) is 2.72. The maximum absolute atomic E-state index is 11.4. The summed E-state index contributed by atoms with van der Waals surface area (Å²) in [5.41, 5.74) is 0.907. The molecule has 1 aliphatic heterocycles. The fourth-order valence-corrected chi connectivity index (χ4v) is 2.08. The van der Waals surface area contributed by atoms with Crippen LogP contribution in [-0.4, -0.2) is 24.5 Å². The number of carbonyl (C=O) groups is 1. The second-order valence-electron chi connectivity index (χ2n) is 4.00. The van der Waals surface area contributed by atoms with E-state index < -0.39 is 0 Å². The lowest BCUT2D eigenvalue weighted by atomic mass is 9.92. The van der Waals surface area contributed by atoms with E-state index in [2.05, 4.69) is 28.2 Å². The lowest BCUT2D eigenvalue weighted by Gasteiger charge is -2.31. The van der Waals surface area contributed by atoms with Crippen molar-refractivity contribution in [2.45, 2.75) is 12.5 Å². The van der Waals surface area contributed by atoms with Crippen molar-refractivity contribution in [1.82, 2.24) is 10.2 Å². The van der Waals surface area contributed by atoms with Crippen molar-refractivity contribution >= 4 is 22.0 Å². The molecule has 1 heterocycles. The van der Waals surface area contributed by atoms with Crippen LogP contribution in [0.1, 0.15) is 12.5 Å². The molecule has 1 aromatic carbocycles. The van der Waals surface area contributed by atoms with E-state index >= 15 is 0 Å². The number of hydrogen-bond donors (Lipinski definition) is 1. The van der Waals surface area contributed by atoms with Gasteiger partial charge in [0.15, 0.2) is 0 Å². The number of carbonyl (C=O) groups excluding carboxylic acids is 1. The van der Waals surface area contributed by atoms with Crippen LogP contribution in [0.2, 0.25) is 0 Å². The lowest BCUT2D eigenvalue weighted by Crippen LogP contribution is -2.39. The summed E-state index contributed by atoms with van der Waals surface area (Å²) in [4.78, 5) is 13.2. The highest BCUT2D eigenvalue weighted by molar-refractivity contribution is 9.10. The molecule has 1 N–H and O–H groups in total. The predicted molar refractivity (Wildman–Crippen MR) is 62.7 cm³/mol. The summed E-state index contributed by atoms with van der Waals surface area (Å²) in [6, 6.07) is 8.07. The quantitative estimate of drug-likeness (QED) is 0.833. The summed E-state index contributed by atoms with van der Waals surface area (Å²) >= 11 is 3.40. The van der Waals surface area contributed by atoms with Gasteiger partial charge in [0.25, 0.3) is 0 Å². The normalized spacial score (nSPS) is 25.5. The molecule has 15 heavy (non-hydrogen) atoms. The van der Waals surface area contributed by atoms with Gasteiger partial charge in [-0.1, -0.05) is 28.1 Å². The molecule has 0 bridgehead atoms. The first-order chi connectivity index (χ1) is 7.04. The number of halogens is 1. The van der Waals surface area contributed by atoms with Gasteiger partial charge in [0, 0.05) is 18.1 Å². The second kappa shape index (κ2) is 3.52. The lowest BCUT2D eigenvalue weighted by molar-refractivity contribution is 0.189. The molecular formula is C11H13BrN2O. The highest BCUT2D eigenvalue weighted by Gasteiger charge is 2.40. The number of rotatable bonds is 1. The zero-order chi connectivity index (χ0) is 11.1. The van der Waals surface area contributed by atoms with Crippen LogP contribution in [0.5, 0.6) is 0 Å². The number of amides is 2. The number of benzene rings is 1. The standard InChI is InChI=1S/C11H13BrN2O/c1-11(7-13-10(15)14(11)2)8-3-5-9(12)6-4-8/h3-6H,7H2,1-2H3,(H,13,15). The van der Waals surface area contributed by atoms with E-state index in [1.165, 1.54) is 0 Å². The molecule has 1 saturated heterocycles. The number of nitrogens with zero attached hydrogens (tertiary/aromatic N) is 1. The van der Waals surface area contributed by atoms with E-state index in [-0.39, 0.29) is 11.6 Å². The van der Waals surface area contributed by atoms with Crippen molar-refractivity contribution in [2.75, 3.05) is 13.6 Å². The average Bonchev–Trinajstić information content (AvgIpc) is 2.48. The zero-order valence-electron chi connectivity index (χ0n) is 8.75. The van der Waals surface area contributed by atoms with Crippen molar-refractivity contribution < 1.29 is 4.79 Å². The van der Waals surface area contributed by atoms with Crippen molar-refractivity contribution in [2.24, 2.45) is 0 Å². The number of nitrogens with one attached hydrogen (secondary N) is 1. The second-order valence-corrected chi connectivity index (χ2v) is 4.91. The molecule has 0 aliphatic carbocycles. The van der Waals surface area contributed by atoms with E-state index in [9.17, 15) is 4.79 Å². The van der Waals surface area contributed by atoms with Crippen molar-refractivity contribution in [3.05, 3.63) is 34.3 Å². The fourth-order valence-electron chi connectivity index (χ4n) is 1.81. The summed E-state index contributed by atoms with van der Waals surface area (Å²) in [5, 5.41) is 2.85. The molecule has 4 heteroatoms. The van der Waals surface area contributed by atoms with Gasteiger partial charge in [-0.25, -0.2) is 4.79 Å². The number of hydrogen-bond acceptors (Lipinski definition) is 1. The van der Waals surface area contributed by atoms with Crippen LogP contribution in [0.15, 0.2) is 28.7 Å². The maximum atomic E-state index is 11.4. The Bertz CT molecular complexity index is 390. The Morgan fingerprint density at radius 1 is 1.40 bits per heavy atom. The SMILES string of the molecule is CN1C(=O)NCC1(C)c1ccc(Br)cc1. The molecule has 2 rings (SSSR count). The molecule has 0 aromatic heterocycles. The molecule has 80 valence electrons. The summed E-state index contributed by atoms with van der Waals surface area (Å²) in [7, 11) is 1.82. The molecule has 0 spiro atoms. The molecule has 1 unspecified atom stereocenters. The highest BCUT2D eigenvalue weighted by Crippen LogP contribution is 2.30. The Kier molecular flexibility index (Phi) is 2.46. The van der Waals surface area contributed by atoms with E-state index in [0.29, 0.717) is 6.54 Å². The van der Waals surface area contributed by atoms with Crippen LogP contribution in [0.4, 0.5) is 4.79 Å². The van der Waals surface area contributed by atoms with Gasteiger partial charge in [-0.05, 0) is 24.6 Å². The molecule has 1 atom stereocenters. The minimum absolute atomic E-state index is 0.0135. The molecule has 1 fully saturated rings. The van der Waals surface area contributed by atoms with Crippen LogP contribution in [0.25, 0.3) is 0 Å². The van der Waals surface area contributed by atoms with Gasteiger partial charge >= 0.3 is 6.03 Å². The van der Waals surface area contributed by atoms with Crippen LogP contribution in [0.3, 0.4) is 0 Å². The van der Waals surface area contributed by atoms with Crippen LogP contribution >= 0.6 is 15.9 Å². The topological polar surface area (TPSA) is 32.3 Å². The molecular weight excluding hydrogens is 256 g/mol. The highest BCUT2D eigenvalue weighted by atomic mass is 79.9. The smallest absolute Gasteiger partial charge is 0.318 e. The Morgan fingerprint density at radius 3 is 2.47 bits per heavy atom. The number of likely N-dealkylation sites (N-methyl/N-ethyl adjacent to an activating group) is 1. The zero-order valence-corrected chi connectivity index (χ0v) is 10.3. The van der Waals surface area contributed by atoms with Gasteiger partial charge in [-0.2, -0.15) is 0 Å². The number of urea groups is 1. The maximum Gasteiger partial charge on any atom is 0.318 e. The Balaban J connectivity index is 2.38.